The minimum atomic E-state index is -0.496. The number of amides is 2. The molecule has 0 atom stereocenters. The van der Waals surface area contributed by atoms with Crippen LogP contribution in [0.5, 0.6) is 5.75 Å². The first-order valence-corrected chi connectivity index (χ1v) is 11.0. The van der Waals surface area contributed by atoms with Crippen LogP contribution in [0, 0.1) is 0 Å². The van der Waals surface area contributed by atoms with Gasteiger partial charge < -0.3 is 15.4 Å². The van der Waals surface area contributed by atoms with Gasteiger partial charge in [0.1, 0.15) is 12.1 Å². The number of carbonyl (C=O) groups excluding carboxylic acids is 2. The van der Waals surface area contributed by atoms with Gasteiger partial charge >= 0.3 is 6.03 Å². The summed E-state index contributed by atoms with van der Waals surface area (Å²) in [5.41, 5.74) is 8.36. The Morgan fingerprint density at radius 1 is 1.15 bits per heavy atom. The third kappa shape index (κ3) is 5.76. The molecule has 1 aliphatic rings. The van der Waals surface area contributed by atoms with E-state index in [0.29, 0.717) is 11.3 Å². The van der Waals surface area contributed by atoms with E-state index in [4.69, 9.17) is 10.5 Å². The first-order valence-electron chi connectivity index (χ1n) is 11.0. The third-order valence-electron chi connectivity index (χ3n) is 6.19. The Hall–Kier alpha value is -3.36. The van der Waals surface area contributed by atoms with Crippen molar-refractivity contribution >= 4 is 24.3 Å². The molecule has 2 heterocycles. The number of nitrogens with two attached hydrogens (primary N) is 1. The summed E-state index contributed by atoms with van der Waals surface area (Å²) in [6.07, 6.45) is 5.03. The van der Waals surface area contributed by atoms with E-state index in [1.165, 1.54) is 16.5 Å². The lowest BCUT2D eigenvalue weighted by Gasteiger charge is -2.36. The SMILES string of the molecule is COc1cccc(CN2CCC(N(C)C(=O)n3cnc(-c4cccc(C(N)=O)c4)c3)CC2)c1.Cl. The third-order valence-corrected chi connectivity index (χ3v) is 6.19. The highest BCUT2D eigenvalue weighted by molar-refractivity contribution is 5.94. The molecule has 4 rings (SSSR count). The van der Waals surface area contributed by atoms with E-state index >= 15 is 0 Å². The summed E-state index contributed by atoms with van der Waals surface area (Å²) in [4.78, 5) is 33.1. The molecule has 1 fully saturated rings. The van der Waals surface area contributed by atoms with Crippen LogP contribution in [0.1, 0.15) is 28.8 Å². The van der Waals surface area contributed by atoms with E-state index in [1.807, 2.05) is 25.2 Å². The highest BCUT2D eigenvalue weighted by atomic mass is 35.5. The zero-order chi connectivity index (χ0) is 23.4. The fourth-order valence-electron chi connectivity index (χ4n) is 4.24. The topological polar surface area (TPSA) is 93.7 Å². The number of carbonyl (C=O) groups is 2. The number of rotatable bonds is 6. The number of ether oxygens (including phenoxy) is 1. The van der Waals surface area contributed by atoms with Crippen molar-refractivity contribution < 1.29 is 14.3 Å². The zero-order valence-electron chi connectivity index (χ0n) is 19.4. The van der Waals surface area contributed by atoms with Crippen molar-refractivity contribution in [3.05, 3.63) is 72.2 Å². The quantitative estimate of drug-likeness (QED) is 0.577. The van der Waals surface area contributed by atoms with Gasteiger partial charge in [0, 0.05) is 50.0 Å². The van der Waals surface area contributed by atoms with Gasteiger partial charge in [0.25, 0.3) is 0 Å². The predicted octanol–water partition coefficient (Wildman–Crippen LogP) is 3.64. The van der Waals surface area contributed by atoms with Crippen molar-refractivity contribution in [2.75, 3.05) is 27.2 Å². The van der Waals surface area contributed by atoms with Crippen LogP contribution in [0.2, 0.25) is 0 Å². The normalized spacial score (nSPS) is 14.3. The molecule has 3 aromatic rings. The first kappa shape index (κ1) is 25.3. The van der Waals surface area contributed by atoms with Gasteiger partial charge in [-0.05, 0) is 42.7 Å². The van der Waals surface area contributed by atoms with Crippen LogP contribution in [-0.4, -0.2) is 64.6 Å². The van der Waals surface area contributed by atoms with Crippen molar-refractivity contribution in [1.82, 2.24) is 19.4 Å². The Bertz CT molecular complexity index is 1140. The maximum atomic E-state index is 13.1. The summed E-state index contributed by atoms with van der Waals surface area (Å²) < 4.78 is 6.81. The van der Waals surface area contributed by atoms with Crippen molar-refractivity contribution in [3.63, 3.8) is 0 Å². The van der Waals surface area contributed by atoms with E-state index in [0.717, 1.165) is 43.8 Å². The van der Waals surface area contributed by atoms with Gasteiger partial charge in [0.15, 0.2) is 0 Å². The van der Waals surface area contributed by atoms with Crippen molar-refractivity contribution in [3.8, 4) is 17.0 Å². The van der Waals surface area contributed by atoms with E-state index < -0.39 is 5.91 Å². The van der Waals surface area contributed by atoms with Crippen LogP contribution < -0.4 is 10.5 Å². The highest BCUT2D eigenvalue weighted by Gasteiger charge is 2.26. The van der Waals surface area contributed by atoms with Crippen LogP contribution in [-0.2, 0) is 6.54 Å². The summed E-state index contributed by atoms with van der Waals surface area (Å²) in [7, 11) is 3.52. The Morgan fingerprint density at radius 2 is 1.88 bits per heavy atom. The van der Waals surface area contributed by atoms with Crippen molar-refractivity contribution in [2.24, 2.45) is 5.73 Å². The molecule has 0 aliphatic carbocycles. The van der Waals surface area contributed by atoms with Crippen LogP contribution >= 0.6 is 12.4 Å². The molecule has 1 aliphatic heterocycles. The van der Waals surface area contributed by atoms with E-state index in [-0.39, 0.29) is 24.5 Å². The lowest BCUT2D eigenvalue weighted by atomic mass is 10.0. The number of aromatic nitrogens is 2. The smallest absolute Gasteiger partial charge is 0.329 e. The number of imidazole rings is 1. The number of primary amides is 1. The number of nitrogens with zero attached hydrogens (tertiary/aromatic N) is 4. The van der Waals surface area contributed by atoms with Crippen LogP contribution in [0.4, 0.5) is 4.79 Å². The number of hydrogen-bond donors (Lipinski definition) is 1. The van der Waals surface area contributed by atoms with Crippen LogP contribution in [0.15, 0.2) is 61.1 Å². The molecule has 180 valence electrons. The largest absolute Gasteiger partial charge is 0.497 e. The van der Waals surface area contributed by atoms with Gasteiger partial charge in [-0.3, -0.25) is 14.3 Å². The average Bonchev–Trinajstić information content (AvgIpc) is 3.34. The van der Waals surface area contributed by atoms with Gasteiger partial charge in [0.2, 0.25) is 5.91 Å². The van der Waals surface area contributed by atoms with E-state index in [2.05, 4.69) is 22.0 Å². The number of hydrogen-bond acceptors (Lipinski definition) is 5. The second-order valence-electron chi connectivity index (χ2n) is 8.36. The minimum Gasteiger partial charge on any atom is -0.497 e. The van der Waals surface area contributed by atoms with Crippen molar-refractivity contribution in [2.45, 2.75) is 25.4 Å². The minimum absolute atomic E-state index is 0. The number of piperidine rings is 1. The van der Waals surface area contributed by atoms with Gasteiger partial charge in [-0.2, -0.15) is 0 Å². The Balaban J connectivity index is 0.00000324. The van der Waals surface area contributed by atoms with Gasteiger partial charge in [-0.1, -0.05) is 24.3 Å². The molecule has 0 bridgehead atoms. The molecule has 0 radical (unpaired) electrons. The van der Waals surface area contributed by atoms with Gasteiger partial charge in [-0.15, -0.1) is 12.4 Å². The Morgan fingerprint density at radius 3 is 2.59 bits per heavy atom. The number of methoxy groups -OCH3 is 1. The number of likely N-dealkylation sites (tertiary alicyclic amines) is 1. The zero-order valence-corrected chi connectivity index (χ0v) is 20.2. The molecule has 0 saturated carbocycles. The standard InChI is InChI=1S/C25H29N5O3.ClH/c1-28(21-9-11-29(12-10-21)15-18-5-3-8-22(13-18)33-2)25(32)30-16-23(27-17-30)19-6-4-7-20(14-19)24(26)31;/h3-8,13-14,16-17,21H,9-12,15H2,1-2H3,(H2,26,31);1H. The molecule has 0 unspecified atom stereocenters. The molecular formula is C25H30ClN5O3. The van der Waals surface area contributed by atoms with E-state index in [1.54, 1.807) is 36.4 Å². The number of halogens is 1. The predicted molar refractivity (Wildman–Crippen MR) is 133 cm³/mol. The summed E-state index contributed by atoms with van der Waals surface area (Å²) in [5, 5.41) is 0. The Labute approximate surface area is 205 Å². The lowest BCUT2D eigenvalue weighted by molar-refractivity contribution is 0.1000. The van der Waals surface area contributed by atoms with Crippen LogP contribution in [0.25, 0.3) is 11.3 Å². The average molecular weight is 484 g/mol. The summed E-state index contributed by atoms with van der Waals surface area (Å²) in [6.45, 7) is 2.72. The Kier molecular flexibility index (Phi) is 8.31. The van der Waals surface area contributed by atoms with Gasteiger partial charge in [-0.25, -0.2) is 9.78 Å². The molecule has 8 nitrogen and oxygen atoms in total. The molecule has 2 amide bonds. The maximum Gasteiger partial charge on any atom is 0.329 e. The highest BCUT2D eigenvalue weighted by Crippen LogP contribution is 2.22. The second kappa shape index (κ2) is 11.2. The van der Waals surface area contributed by atoms with E-state index in [9.17, 15) is 9.59 Å². The summed E-state index contributed by atoms with van der Waals surface area (Å²) in [5.74, 6) is 0.374. The molecule has 9 heteroatoms. The molecule has 0 spiro atoms. The van der Waals surface area contributed by atoms with Gasteiger partial charge in [0.05, 0.1) is 12.8 Å². The molecule has 34 heavy (non-hydrogen) atoms. The van der Waals surface area contributed by atoms with Crippen LogP contribution in [0.3, 0.4) is 0 Å². The monoisotopic (exact) mass is 483 g/mol. The second-order valence-corrected chi connectivity index (χ2v) is 8.36. The first-order chi connectivity index (χ1) is 15.9. The summed E-state index contributed by atoms with van der Waals surface area (Å²) >= 11 is 0. The lowest BCUT2D eigenvalue weighted by Crippen LogP contribution is -2.46. The fraction of sp³-hybridized carbons (Fsp3) is 0.320. The molecule has 2 aromatic carbocycles. The molecule has 1 aromatic heterocycles. The maximum absolute atomic E-state index is 13.1. The molecular weight excluding hydrogens is 454 g/mol. The molecule has 2 N–H and O–H groups in total. The summed E-state index contributed by atoms with van der Waals surface area (Å²) in [6, 6.07) is 15.1. The number of benzene rings is 2. The molecule has 1 saturated heterocycles. The fourth-order valence-corrected chi connectivity index (χ4v) is 4.24. The van der Waals surface area contributed by atoms with Crippen molar-refractivity contribution in [1.29, 1.82) is 0 Å².